The van der Waals surface area contributed by atoms with E-state index in [0.29, 0.717) is 4.60 Å². The van der Waals surface area contributed by atoms with E-state index in [-0.39, 0.29) is 29.0 Å². The average molecular weight is 334 g/mol. The lowest BCUT2D eigenvalue weighted by molar-refractivity contribution is 0.288. The lowest BCUT2D eigenvalue weighted by atomic mass is 10.3. The summed E-state index contributed by atoms with van der Waals surface area (Å²) >= 11 is 8.80. The molecule has 2 aromatic heterocycles. The highest BCUT2D eigenvalue weighted by molar-refractivity contribution is 9.10. The molecule has 0 unspecified atom stereocenters. The van der Waals surface area contributed by atoms with Gasteiger partial charge >= 0.3 is 0 Å². The van der Waals surface area contributed by atoms with E-state index in [9.17, 15) is 4.39 Å². The van der Waals surface area contributed by atoms with E-state index in [1.807, 2.05) is 0 Å². The van der Waals surface area contributed by atoms with E-state index in [1.165, 1.54) is 12.3 Å². The topological polar surface area (TPSA) is 73.9 Å². The number of aromatic nitrogens is 3. The van der Waals surface area contributed by atoms with Crippen molar-refractivity contribution in [3.63, 3.8) is 0 Å². The van der Waals surface area contributed by atoms with Gasteiger partial charge in [-0.15, -0.1) is 0 Å². The number of pyridine rings is 1. The number of anilines is 1. The van der Waals surface area contributed by atoms with Gasteiger partial charge in [0.25, 0.3) is 5.88 Å². The fourth-order valence-electron chi connectivity index (χ4n) is 1.18. The molecule has 18 heavy (non-hydrogen) atoms. The third-order valence-electron chi connectivity index (χ3n) is 2.00. The molecule has 0 atom stereocenters. The van der Waals surface area contributed by atoms with Crippen molar-refractivity contribution in [1.29, 1.82) is 0 Å². The first kappa shape index (κ1) is 13.0. The molecule has 0 aliphatic carbocycles. The van der Waals surface area contributed by atoms with Crippen LogP contribution < -0.4 is 10.5 Å². The van der Waals surface area contributed by atoms with Gasteiger partial charge in [0.05, 0.1) is 12.4 Å². The average Bonchev–Trinajstić information content (AvgIpc) is 2.34. The molecule has 0 bridgehead atoms. The highest BCUT2D eigenvalue weighted by Gasteiger charge is 2.09. The highest BCUT2D eigenvalue weighted by Crippen LogP contribution is 2.20. The standard InChI is InChI=1S/C10H7BrClFN4O/c11-7-3-16-9(14)10(17-7)18-4-5-1-8(12)15-2-6(5)13/h1-3H,4H2,(H2,14,16). The number of rotatable bonds is 3. The van der Waals surface area contributed by atoms with Gasteiger partial charge in [0.15, 0.2) is 5.82 Å². The van der Waals surface area contributed by atoms with E-state index >= 15 is 0 Å². The molecule has 2 rings (SSSR count). The van der Waals surface area contributed by atoms with Gasteiger partial charge in [-0.2, -0.15) is 0 Å². The van der Waals surface area contributed by atoms with Crippen LogP contribution in [-0.2, 0) is 6.61 Å². The zero-order valence-corrected chi connectivity index (χ0v) is 11.2. The number of nitrogens with zero attached hydrogens (tertiary/aromatic N) is 3. The molecule has 2 N–H and O–H groups in total. The Morgan fingerprint density at radius 1 is 1.39 bits per heavy atom. The van der Waals surface area contributed by atoms with Gasteiger partial charge < -0.3 is 10.5 Å². The minimum Gasteiger partial charge on any atom is -0.470 e. The Balaban J connectivity index is 2.16. The summed E-state index contributed by atoms with van der Waals surface area (Å²) in [6.45, 7) is -0.0661. The van der Waals surface area contributed by atoms with Gasteiger partial charge in [-0.3, -0.25) is 0 Å². The number of nitrogens with two attached hydrogens (primary N) is 1. The van der Waals surface area contributed by atoms with Crippen molar-refractivity contribution >= 4 is 33.3 Å². The molecule has 94 valence electrons. The molecule has 0 amide bonds. The number of ether oxygens (including phenoxy) is 1. The van der Waals surface area contributed by atoms with Crippen LogP contribution in [0.5, 0.6) is 5.88 Å². The minimum atomic E-state index is -0.513. The molecule has 0 aromatic carbocycles. The number of hydrogen-bond donors (Lipinski definition) is 1. The van der Waals surface area contributed by atoms with Crippen LogP contribution >= 0.6 is 27.5 Å². The molecule has 0 saturated carbocycles. The van der Waals surface area contributed by atoms with E-state index < -0.39 is 5.82 Å². The maximum atomic E-state index is 13.4. The van der Waals surface area contributed by atoms with Crippen molar-refractivity contribution in [3.05, 3.63) is 39.6 Å². The van der Waals surface area contributed by atoms with Gasteiger partial charge in [0.1, 0.15) is 22.2 Å². The monoisotopic (exact) mass is 332 g/mol. The lowest BCUT2D eigenvalue weighted by Crippen LogP contribution is -2.04. The van der Waals surface area contributed by atoms with E-state index in [2.05, 4.69) is 30.9 Å². The van der Waals surface area contributed by atoms with Gasteiger partial charge in [0.2, 0.25) is 0 Å². The summed E-state index contributed by atoms with van der Waals surface area (Å²) in [5.41, 5.74) is 5.83. The summed E-state index contributed by atoms with van der Waals surface area (Å²) in [6.07, 6.45) is 2.46. The van der Waals surface area contributed by atoms with Gasteiger partial charge in [-0.05, 0) is 22.0 Å². The van der Waals surface area contributed by atoms with E-state index in [0.717, 1.165) is 6.20 Å². The second-order valence-electron chi connectivity index (χ2n) is 3.27. The van der Waals surface area contributed by atoms with Crippen molar-refractivity contribution in [3.8, 4) is 5.88 Å². The minimum absolute atomic E-state index is 0.0661. The molecule has 8 heteroatoms. The van der Waals surface area contributed by atoms with Crippen LogP contribution in [0.3, 0.4) is 0 Å². The Morgan fingerprint density at radius 3 is 2.94 bits per heavy atom. The lowest BCUT2D eigenvalue weighted by Gasteiger charge is -2.08. The summed E-state index contributed by atoms with van der Waals surface area (Å²) in [6, 6.07) is 1.37. The van der Waals surface area contributed by atoms with Gasteiger partial charge in [0, 0.05) is 5.56 Å². The maximum Gasteiger partial charge on any atom is 0.258 e. The summed E-state index contributed by atoms with van der Waals surface area (Å²) in [5, 5.41) is 0.184. The third-order valence-corrected chi connectivity index (χ3v) is 2.59. The first-order chi connectivity index (χ1) is 8.56. The van der Waals surface area contributed by atoms with Crippen molar-refractivity contribution in [2.75, 3.05) is 5.73 Å². The maximum absolute atomic E-state index is 13.4. The Bertz CT molecular complexity index is 532. The van der Waals surface area contributed by atoms with Crippen LogP contribution in [0.4, 0.5) is 10.2 Å². The van der Waals surface area contributed by atoms with Crippen LogP contribution in [0.25, 0.3) is 0 Å². The normalized spacial score (nSPS) is 10.4. The largest absolute Gasteiger partial charge is 0.470 e. The zero-order chi connectivity index (χ0) is 13.1. The van der Waals surface area contributed by atoms with Crippen molar-refractivity contribution in [2.45, 2.75) is 6.61 Å². The molecule has 0 saturated heterocycles. The molecule has 2 heterocycles. The Morgan fingerprint density at radius 2 is 2.17 bits per heavy atom. The molecule has 0 radical (unpaired) electrons. The number of halogens is 3. The molecular formula is C10H7BrClFN4O. The molecule has 0 fully saturated rings. The second-order valence-corrected chi connectivity index (χ2v) is 4.47. The number of hydrogen-bond acceptors (Lipinski definition) is 5. The summed E-state index contributed by atoms with van der Waals surface area (Å²) in [5.74, 6) is -0.267. The SMILES string of the molecule is Nc1ncc(Br)nc1OCc1cc(Cl)ncc1F. The fourth-order valence-corrected chi connectivity index (χ4v) is 1.62. The van der Waals surface area contributed by atoms with Crippen molar-refractivity contribution in [1.82, 2.24) is 15.0 Å². The predicted octanol–water partition coefficient (Wildman–Crippen LogP) is 2.59. The first-order valence-corrected chi connectivity index (χ1v) is 5.94. The Kier molecular flexibility index (Phi) is 3.93. The molecule has 0 spiro atoms. The Labute approximate surface area is 115 Å². The van der Waals surface area contributed by atoms with Crippen molar-refractivity contribution in [2.24, 2.45) is 0 Å². The molecule has 0 aliphatic rings. The molecule has 0 aliphatic heterocycles. The Hall–Kier alpha value is -1.47. The fraction of sp³-hybridized carbons (Fsp3) is 0.100. The quantitative estimate of drug-likeness (QED) is 0.874. The third kappa shape index (κ3) is 3.05. The number of nitrogen functional groups attached to an aromatic ring is 1. The highest BCUT2D eigenvalue weighted by atomic mass is 79.9. The molecular weight excluding hydrogens is 326 g/mol. The van der Waals surface area contributed by atoms with E-state index in [1.54, 1.807) is 0 Å². The predicted molar refractivity (Wildman–Crippen MR) is 67.7 cm³/mol. The van der Waals surface area contributed by atoms with Crippen LogP contribution in [0.1, 0.15) is 5.56 Å². The zero-order valence-electron chi connectivity index (χ0n) is 8.90. The molecule has 2 aromatic rings. The second kappa shape index (κ2) is 5.45. The van der Waals surface area contributed by atoms with Crippen LogP contribution in [0.2, 0.25) is 5.15 Å². The summed E-state index contributed by atoms with van der Waals surface area (Å²) in [7, 11) is 0. The van der Waals surface area contributed by atoms with Gasteiger partial charge in [-0.1, -0.05) is 11.6 Å². The smallest absolute Gasteiger partial charge is 0.258 e. The molecule has 5 nitrogen and oxygen atoms in total. The van der Waals surface area contributed by atoms with Crippen LogP contribution in [0.15, 0.2) is 23.1 Å². The first-order valence-electron chi connectivity index (χ1n) is 4.77. The summed E-state index contributed by atoms with van der Waals surface area (Å²) in [4.78, 5) is 11.4. The van der Waals surface area contributed by atoms with Crippen molar-refractivity contribution < 1.29 is 9.13 Å². The van der Waals surface area contributed by atoms with Gasteiger partial charge in [-0.25, -0.2) is 19.3 Å². The van der Waals surface area contributed by atoms with Crippen LogP contribution in [-0.4, -0.2) is 15.0 Å². The van der Waals surface area contributed by atoms with Crippen LogP contribution in [0, 0.1) is 5.82 Å². The van der Waals surface area contributed by atoms with E-state index in [4.69, 9.17) is 22.1 Å². The summed E-state index contributed by atoms with van der Waals surface area (Å²) < 4.78 is 19.1.